The van der Waals surface area contributed by atoms with Crippen molar-refractivity contribution in [2.45, 2.75) is 75.3 Å². The molecule has 4 saturated carbocycles. The third kappa shape index (κ3) is 3.07. The number of hydrogen-bond donors (Lipinski definition) is 3. The molecule has 2 atom stereocenters. The van der Waals surface area contributed by atoms with Crippen LogP contribution in [0.4, 0.5) is 16.3 Å². The number of amides is 1. The number of anilines is 2. The van der Waals surface area contributed by atoms with Crippen LogP contribution in [-0.2, 0) is 11.2 Å². The van der Waals surface area contributed by atoms with Crippen LogP contribution in [0.5, 0.6) is 0 Å². The molecule has 7 nitrogen and oxygen atoms in total. The number of carbonyl (C=O) groups excluding carboxylic acids is 1. The van der Waals surface area contributed by atoms with Gasteiger partial charge in [0.1, 0.15) is 6.10 Å². The topological polar surface area (TPSA) is 91.9 Å². The lowest BCUT2D eigenvalue weighted by Gasteiger charge is -2.70. The van der Waals surface area contributed by atoms with Crippen molar-refractivity contribution in [2.24, 2.45) is 5.41 Å². The molecule has 29 heavy (non-hydrogen) atoms. The number of hydrogen-bond acceptors (Lipinski definition) is 5. The maximum absolute atomic E-state index is 12.4. The molecule has 7 heteroatoms. The van der Waals surface area contributed by atoms with E-state index in [1.165, 1.54) is 12.0 Å². The van der Waals surface area contributed by atoms with Gasteiger partial charge >= 0.3 is 6.09 Å². The van der Waals surface area contributed by atoms with E-state index < -0.39 is 0 Å². The largest absolute Gasteiger partial charge is 0.446 e. The van der Waals surface area contributed by atoms with Crippen LogP contribution in [-0.4, -0.2) is 32.9 Å². The van der Waals surface area contributed by atoms with E-state index in [9.17, 15) is 4.79 Å². The van der Waals surface area contributed by atoms with Gasteiger partial charge in [-0.2, -0.15) is 5.10 Å². The van der Waals surface area contributed by atoms with Crippen molar-refractivity contribution in [1.82, 2.24) is 20.5 Å². The zero-order valence-corrected chi connectivity index (χ0v) is 16.5. The van der Waals surface area contributed by atoms with Crippen LogP contribution >= 0.6 is 0 Å². The summed E-state index contributed by atoms with van der Waals surface area (Å²) in [4.78, 5) is 16.8. The summed E-state index contributed by atoms with van der Waals surface area (Å²) < 4.78 is 5.76. The zero-order valence-electron chi connectivity index (χ0n) is 16.5. The number of pyridine rings is 1. The molecule has 0 radical (unpaired) electrons. The van der Waals surface area contributed by atoms with Crippen molar-refractivity contribution >= 4 is 17.6 Å². The van der Waals surface area contributed by atoms with Crippen LogP contribution in [0.15, 0.2) is 24.5 Å². The van der Waals surface area contributed by atoms with Crippen LogP contribution in [0, 0.1) is 5.41 Å². The second-order valence-electron chi connectivity index (χ2n) is 9.74. The highest BCUT2D eigenvalue weighted by atomic mass is 16.6. The van der Waals surface area contributed by atoms with E-state index in [0.29, 0.717) is 11.3 Å². The molecule has 3 aliphatic heterocycles. The Morgan fingerprint density at radius 3 is 2.93 bits per heavy atom. The molecule has 8 bridgehead atoms. The molecular weight excluding hydrogens is 366 g/mol. The molecular formula is C22H27N5O2. The van der Waals surface area contributed by atoms with Crippen LogP contribution in [0.3, 0.4) is 0 Å². The zero-order chi connectivity index (χ0) is 19.5. The first-order valence-electron chi connectivity index (χ1n) is 10.8. The van der Waals surface area contributed by atoms with Gasteiger partial charge in [-0.1, -0.05) is 0 Å². The molecule has 0 aromatic carbocycles. The highest BCUT2D eigenvalue weighted by molar-refractivity contribution is 5.69. The molecule has 2 aromatic rings. The molecule has 2 aromatic heterocycles. The van der Waals surface area contributed by atoms with Crippen molar-refractivity contribution in [2.75, 3.05) is 5.32 Å². The number of aromatic nitrogens is 3. The Hall–Kier alpha value is -2.57. The molecule has 0 unspecified atom stereocenters. The van der Waals surface area contributed by atoms with Crippen molar-refractivity contribution in [3.05, 3.63) is 35.8 Å². The van der Waals surface area contributed by atoms with Gasteiger partial charge in [0.25, 0.3) is 0 Å². The minimum Gasteiger partial charge on any atom is -0.446 e. The first-order chi connectivity index (χ1) is 14.1. The van der Waals surface area contributed by atoms with Gasteiger partial charge in [0, 0.05) is 29.4 Å². The fourth-order valence-electron chi connectivity index (χ4n) is 6.24. The van der Waals surface area contributed by atoms with Gasteiger partial charge in [0.2, 0.25) is 0 Å². The van der Waals surface area contributed by atoms with Gasteiger partial charge in [0.05, 0.1) is 11.9 Å². The maximum Gasteiger partial charge on any atom is 0.407 e. The highest BCUT2D eigenvalue weighted by Crippen LogP contribution is 2.69. The third-order valence-corrected chi connectivity index (χ3v) is 7.44. The number of alkyl carbamates (subject to hydrolysis) is 1. The van der Waals surface area contributed by atoms with Gasteiger partial charge in [-0.25, -0.2) is 4.79 Å². The number of ether oxygens (including phenoxy) is 1. The number of rotatable bonds is 0. The Morgan fingerprint density at radius 1 is 1.14 bits per heavy atom. The molecule has 1 amide bonds. The average Bonchev–Trinajstić information content (AvgIpc) is 3.27. The maximum atomic E-state index is 12.4. The Bertz CT molecular complexity index is 934. The van der Waals surface area contributed by atoms with Crippen LogP contribution < -0.4 is 10.6 Å². The summed E-state index contributed by atoms with van der Waals surface area (Å²) in [6.45, 7) is 0. The second kappa shape index (κ2) is 6.21. The number of nitrogens with zero attached hydrogens (tertiary/aromatic N) is 2. The Morgan fingerprint density at radius 2 is 2.03 bits per heavy atom. The molecule has 0 spiro atoms. The van der Waals surface area contributed by atoms with E-state index in [0.717, 1.165) is 68.6 Å². The molecule has 3 N–H and O–H groups in total. The second-order valence-corrected chi connectivity index (χ2v) is 9.74. The average molecular weight is 393 g/mol. The minimum absolute atomic E-state index is 0.0102. The summed E-state index contributed by atoms with van der Waals surface area (Å²) in [5.74, 6) is 1.15. The number of nitrogens with one attached hydrogen (secondary N) is 3. The number of aryl methyl sites for hydroxylation is 1. The molecule has 5 heterocycles. The van der Waals surface area contributed by atoms with E-state index in [2.05, 4.69) is 37.9 Å². The fraction of sp³-hybridized carbons (Fsp3) is 0.591. The first-order valence-corrected chi connectivity index (χ1v) is 10.8. The SMILES string of the molecule is O=C1NC23CC(CCCc4cncc(c4)Nc4cc([nH]n4)[C@H]4CC[C@H](C4)O1)(C2)C3. The van der Waals surface area contributed by atoms with Gasteiger partial charge in [0.15, 0.2) is 5.82 Å². The predicted octanol–water partition coefficient (Wildman–Crippen LogP) is 4.17. The minimum atomic E-state index is -0.226. The smallest absolute Gasteiger partial charge is 0.407 e. The van der Waals surface area contributed by atoms with Crippen molar-refractivity contribution in [3.8, 4) is 0 Å². The molecule has 152 valence electrons. The van der Waals surface area contributed by atoms with Gasteiger partial charge in [-0.15, -0.1) is 0 Å². The first kappa shape index (κ1) is 17.3. The molecule has 9 rings (SSSR count). The van der Waals surface area contributed by atoms with Crippen LogP contribution in [0.2, 0.25) is 0 Å². The number of carbonyl (C=O) groups is 1. The molecule has 4 fully saturated rings. The van der Waals surface area contributed by atoms with Gasteiger partial charge < -0.3 is 15.4 Å². The summed E-state index contributed by atoms with van der Waals surface area (Å²) in [6.07, 6.45) is 13.1. The van der Waals surface area contributed by atoms with Gasteiger partial charge in [-0.05, 0) is 74.8 Å². The summed E-state index contributed by atoms with van der Waals surface area (Å²) in [5, 5.41) is 14.1. The van der Waals surface area contributed by atoms with E-state index in [1.807, 2.05) is 12.4 Å². The lowest BCUT2D eigenvalue weighted by Crippen LogP contribution is -2.74. The fourth-order valence-corrected chi connectivity index (χ4v) is 6.24. The summed E-state index contributed by atoms with van der Waals surface area (Å²) in [5.41, 5.74) is 3.79. The van der Waals surface area contributed by atoms with Crippen LogP contribution in [0.1, 0.15) is 68.5 Å². The van der Waals surface area contributed by atoms with Crippen molar-refractivity contribution in [3.63, 3.8) is 0 Å². The lowest BCUT2D eigenvalue weighted by molar-refractivity contribution is -0.155. The van der Waals surface area contributed by atoms with Crippen molar-refractivity contribution in [1.29, 1.82) is 0 Å². The van der Waals surface area contributed by atoms with E-state index >= 15 is 0 Å². The summed E-state index contributed by atoms with van der Waals surface area (Å²) >= 11 is 0. The Balaban J connectivity index is 1.23. The van der Waals surface area contributed by atoms with E-state index in [1.54, 1.807) is 0 Å². The molecule has 4 aliphatic carbocycles. The van der Waals surface area contributed by atoms with Gasteiger partial charge in [-0.3, -0.25) is 10.1 Å². The quantitative estimate of drug-likeness (QED) is 0.625. The normalized spacial score (nSPS) is 35.5. The van der Waals surface area contributed by atoms with E-state index in [-0.39, 0.29) is 17.7 Å². The standard InChI is InChI=1S/C22H27N5O2/c28-20-25-22-11-21(12-22,13-22)5-1-2-14-6-16(10-23-9-14)24-19-8-18(26-27-19)15-3-4-17(7-15)29-20/h6,8-10,15,17H,1-5,7,11-13H2,(H,25,28)(H2,24,26,27)/t15-,17+,21?,22?/m0/s1. The number of aromatic amines is 1. The molecule has 7 aliphatic rings. The summed E-state index contributed by atoms with van der Waals surface area (Å²) in [6, 6.07) is 4.24. The Labute approximate surface area is 170 Å². The highest BCUT2D eigenvalue weighted by Gasteiger charge is 2.67. The predicted molar refractivity (Wildman–Crippen MR) is 108 cm³/mol. The van der Waals surface area contributed by atoms with Crippen LogP contribution in [0.25, 0.3) is 0 Å². The lowest BCUT2D eigenvalue weighted by atomic mass is 9.38. The summed E-state index contributed by atoms with van der Waals surface area (Å²) in [7, 11) is 0. The Kier molecular flexibility index (Phi) is 3.71. The van der Waals surface area contributed by atoms with Crippen molar-refractivity contribution < 1.29 is 9.53 Å². The number of H-pyrrole nitrogens is 1. The monoisotopic (exact) mass is 393 g/mol. The van der Waals surface area contributed by atoms with E-state index in [4.69, 9.17) is 4.74 Å². The third-order valence-electron chi connectivity index (χ3n) is 7.44. The molecule has 0 saturated heterocycles.